The lowest BCUT2D eigenvalue weighted by atomic mass is 9.90. The number of carbonyl (C=O) groups is 1. The first-order valence-corrected chi connectivity index (χ1v) is 6.00. The second kappa shape index (κ2) is 5.26. The summed E-state index contributed by atoms with van der Waals surface area (Å²) >= 11 is 0. The molecule has 0 bridgehead atoms. The van der Waals surface area contributed by atoms with E-state index >= 15 is 0 Å². The minimum Gasteiger partial charge on any atom is -0.377 e. The Morgan fingerprint density at radius 3 is 2.69 bits per heavy atom. The highest BCUT2D eigenvalue weighted by atomic mass is 16.5. The SMILES string of the molecule is CC(C(=O)c1ccccc1)C1CCCCO1. The molecular formula is C14H18O2. The summed E-state index contributed by atoms with van der Waals surface area (Å²) in [5.74, 6) is 0.176. The van der Waals surface area contributed by atoms with E-state index in [4.69, 9.17) is 4.74 Å². The van der Waals surface area contributed by atoms with Crippen LogP contribution in [-0.2, 0) is 4.74 Å². The molecule has 2 nitrogen and oxygen atoms in total. The maximum atomic E-state index is 12.2. The summed E-state index contributed by atoms with van der Waals surface area (Å²) < 4.78 is 5.66. The van der Waals surface area contributed by atoms with Crippen LogP contribution in [0.4, 0.5) is 0 Å². The van der Waals surface area contributed by atoms with Gasteiger partial charge in [0.1, 0.15) is 0 Å². The zero-order valence-corrected chi connectivity index (χ0v) is 9.69. The molecule has 0 spiro atoms. The van der Waals surface area contributed by atoms with Crippen molar-refractivity contribution >= 4 is 5.78 Å². The Morgan fingerprint density at radius 1 is 1.31 bits per heavy atom. The second-order valence-corrected chi connectivity index (χ2v) is 4.42. The van der Waals surface area contributed by atoms with Crippen molar-refractivity contribution in [1.29, 1.82) is 0 Å². The fourth-order valence-electron chi connectivity index (χ4n) is 2.19. The van der Waals surface area contributed by atoms with Crippen LogP contribution < -0.4 is 0 Å². The zero-order valence-electron chi connectivity index (χ0n) is 9.69. The van der Waals surface area contributed by atoms with Gasteiger partial charge in [-0.1, -0.05) is 37.3 Å². The summed E-state index contributed by atoms with van der Waals surface area (Å²) in [5.41, 5.74) is 0.796. The van der Waals surface area contributed by atoms with E-state index in [1.54, 1.807) is 0 Å². The van der Waals surface area contributed by atoms with Crippen molar-refractivity contribution in [3.05, 3.63) is 35.9 Å². The maximum absolute atomic E-state index is 12.2. The van der Waals surface area contributed by atoms with Gasteiger partial charge in [0.15, 0.2) is 5.78 Å². The summed E-state index contributed by atoms with van der Waals surface area (Å²) in [7, 11) is 0. The van der Waals surface area contributed by atoms with Gasteiger partial charge in [0, 0.05) is 18.1 Å². The monoisotopic (exact) mass is 218 g/mol. The standard InChI is InChI=1S/C14H18O2/c1-11(13-9-5-6-10-16-13)14(15)12-7-3-2-4-8-12/h2-4,7-8,11,13H,5-6,9-10H2,1H3. The molecule has 0 aromatic heterocycles. The Balaban J connectivity index is 2.04. The van der Waals surface area contributed by atoms with Crippen molar-refractivity contribution in [2.45, 2.75) is 32.3 Å². The van der Waals surface area contributed by atoms with E-state index in [2.05, 4.69) is 0 Å². The Kier molecular flexibility index (Phi) is 3.73. The Bertz CT molecular complexity index is 339. The van der Waals surface area contributed by atoms with E-state index in [0.29, 0.717) is 0 Å². The van der Waals surface area contributed by atoms with Gasteiger partial charge in [-0.25, -0.2) is 0 Å². The fraction of sp³-hybridized carbons (Fsp3) is 0.500. The number of hydrogen-bond acceptors (Lipinski definition) is 2. The molecular weight excluding hydrogens is 200 g/mol. The van der Waals surface area contributed by atoms with Crippen LogP contribution in [0, 0.1) is 5.92 Å². The minimum absolute atomic E-state index is 0.0253. The van der Waals surface area contributed by atoms with Crippen molar-refractivity contribution in [2.24, 2.45) is 5.92 Å². The highest BCUT2D eigenvalue weighted by Crippen LogP contribution is 2.22. The summed E-state index contributed by atoms with van der Waals surface area (Å²) in [6.45, 7) is 2.78. The van der Waals surface area contributed by atoms with E-state index in [1.165, 1.54) is 6.42 Å². The summed E-state index contributed by atoms with van der Waals surface area (Å²) in [6, 6.07) is 9.49. The normalized spacial score (nSPS) is 22.7. The van der Waals surface area contributed by atoms with Gasteiger partial charge in [0.25, 0.3) is 0 Å². The predicted molar refractivity (Wildman–Crippen MR) is 63.5 cm³/mol. The molecule has 0 radical (unpaired) electrons. The van der Waals surface area contributed by atoms with Gasteiger partial charge >= 0.3 is 0 Å². The van der Waals surface area contributed by atoms with E-state index in [-0.39, 0.29) is 17.8 Å². The molecule has 1 aliphatic heterocycles. The molecule has 2 unspecified atom stereocenters. The Hall–Kier alpha value is -1.15. The van der Waals surface area contributed by atoms with Gasteiger partial charge in [-0.05, 0) is 19.3 Å². The van der Waals surface area contributed by atoms with Gasteiger partial charge in [-0.2, -0.15) is 0 Å². The first-order chi connectivity index (χ1) is 7.79. The third-order valence-corrected chi connectivity index (χ3v) is 3.24. The molecule has 0 N–H and O–H groups in total. The van der Waals surface area contributed by atoms with Gasteiger partial charge in [0.2, 0.25) is 0 Å². The quantitative estimate of drug-likeness (QED) is 0.729. The van der Waals surface area contributed by atoms with Crippen LogP contribution in [0.15, 0.2) is 30.3 Å². The van der Waals surface area contributed by atoms with Gasteiger partial charge in [0.05, 0.1) is 6.10 Å². The molecule has 1 aliphatic rings. The summed E-state index contributed by atoms with van der Waals surface area (Å²) in [6.07, 6.45) is 3.43. The molecule has 2 rings (SSSR count). The lowest BCUT2D eigenvalue weighted by Gasteiger charge is -2.27. The van der Waals surface area contributed by atoms with E-state index < -0.39 is 0 Å². The lowest BCUT2D eigenvalue weighted by molar-refractivity contribution is -0.0110. The smallest absolute Gasteiger partial charge is 0.168 e. The Labute approximate surface area is 96.6 Å². The topological polar surface area (TPSA) is 26.3 Å². The fourth-order valence-corrected chi connectivity index (χ4v) is 2.19. The Morgan fingerprint density at radius 2 is 2.06 bits per heavy atom. The van der Waals surface area contributed by atoms with Crippen LogP contribution in [0.3, 0.4) is 0 Å². The number of benzene rings is 1. The number of hydrogen-bond donors (Lipinski definition) is 0. The van der Waals surface area contributed by atoms with Gasteiger partial charge < -0.3 is 4.74 Å². The highest BCUT2D eigenvalue weighted by Gasteiger charge is 2.26. The van der Waals surface area contributed by atoms with Crippen LogP contribution in [0.2, 0.25) is 0 Å². The zero-order chi connectivity index (χ0) is 11.4. The maximum Gasteiger partial charge on any atom is 0.168 e. The van der Waals surface area contributed by atoms with Crippen LogP contribution in [-0.4, -0.2) is 18.5 Å². The number of ketones is 1. The third-order valence-electron chi connectivity index (χ3n) is 3.24. The van der Waals surface area contributed by atoms with E-state index in [0.717, 1.165) is 25.0 Å². The first kappa shape index (κ1) is 11.3. The van der Waals surface area contributed by atoms with Crippen molar-refractivity contribution in [3.63, 3.8) is 0 Å². The molecule has 1 saturated heterocycles. The second-order valence-electron chi connectivity index (χ2n) is 4.42. The molecule has 1 aromatic rings. The molecule has 0 amide bonds. The molecule has 86 valence electrons. The van der Waals surface area contributed by atoms with E-state index in [1.807, 2.05) is 37.3 Å². The van der Waals surface area contributed by atoms with Gasteiger partial charge in [-0.3, -0.25) is 4.79 Å². The molecule has 2 heteroatoms. The predicted octanol–water partition coefficient (Wildman–Crippen LogP) is 3.07. The highest BCUT2D eigenvalue weighted by molar-refractivity contribution is 5.97. The summed E-state index contributed by atoms with van der Waals surface area (Å²) in [4.78, 5) is 12.2. The lowest BCUT2D eigenvalue weighted by Crippen LogP contribution is -2.31. The number of rotatable bonds is 3. The molecule has 2 atom stereocenters. The van der Waals surface area contributed by atoms with Crippen molar-refractivity contribution in [2.75, 3.05) is 6.61 Å². The molecule has 1 aromatic carbocycles. The van der Waals surface area contributed by atoms with Crippen LogP contribution in [0.25, 0.3) is 0 Å². The third kappa shape index (κ3) is 2.50. The van der Waals surface area contributed by atoms with Crippen LogP contribution in [0.1, 0.15) is 36.5 Å². The average Bonchev–Trinajstić information content (AvgIpc) is 2.39. The minimum atomic E-state index is -0.0253. The number of ether oxygens (including phenoxy) is 1. The molecule has 1 fully saturated rings. The van der Waals surface area contributed by atoms with Crippen molar-refractivity contribution in [1.82, 2.24) is 0 Å². The summed E-state index contributed by atoms with van der Waals surface area (Å²) in [5, 5.41) is 0. The van der Waals surface area contributed by atoms with Gasteiger partial charge in [-0.15, -0.1) is 0 Å². The molecule has 16 heavy (non-hydrogen) atoms. The van der Waals surface area contributed by atoms with Crippen molar-refractivity contribution in [3.8, 4) is 0 Å². The van der Waals surface area contributed by atoms with Crippen LogP contribution >= 0.6 is 0 Å². The first-order valence-electron chi connectivity index (χ1n) is 6.00. The average molecular weight is 218 g/mol. The molecule has 0 aliphatic carbocycles. The van der Waals surface area contributed by atoms with Crippen LogP contribution in [0.5, 0.6) is 0 Å². The van der Waals surface area contributed by atoms with Crippen molar-refractivity contribution < 1.29 is 9.53 Å². The molecule has 0 saturated carbocycles. The number of Topliss-reactive ketones (excluding diaryl/α,β-unsaturated/α-hetero) is 1. The van der Waals surface area contributed by atoms with E-state index in [9.17, 15) is 4.79 Å². The number of carbonyl (C=O) groups excluding carboxylic acids is 1. The largest absolute Gasteiger partial charge is 0.377 e. The molecule has 1 heterocycles.